The molecule has 154 valence electrons. The van der Waals surface area contributed by atoms with E-state index in [-0.39, 0.29) is 11.7 Å². The van der Waals surface area contributed by atoms with Crippen LogP contribution < -0.4 is 5.43 Å². The summed E-state index contributed by atoms with van der Waals surface area (Å²) in [7, 11) is 0. The number of carbonyl (C=O) groups is 1. The molecule has 2 aromatic carbocycles. The van der Waals surface area contributed by atoms with Gasteiger partial charge in [0, 0.05) is 10.2 Å². The Balaban J connectivity index is 1.39. The molecular formula is C21H19BrN4OS3. The maximum absolute atomic E-state index is 12.0. The van der Waals surface area contributed by atoms with Crippen molar-refractivity contribution < 1.29 is 4.79 Å². The fourth-order valence-electron chi connectivity index (χ4n) is 2.21. The number of benzene rings is 2. The Hall–Kier alpha value is -1.94. The molecule has 3 rings (SSSR count). The number of aromatic nitrogens is 2. The molecule has 0 aliphatic rings. The molecule has 1 N–H and O–H groups in total. The van der Waals surface area contributed by atoms with E-state index in [9.17, 15) is 4.79 Å². The second-order valence-corrected chi connectivity index (χ2v) is 10.5. The normalized spacial score (nSPS) is 11.7. The maximum atomic E-state index is 12.0. The van der Waals surface area contributed by atoms with E-state index in [2.05, 4.69) is 67.8 Å². The van der Waals surface area contributed by atoms with Crippen LogP contribution in [0.1, 0.15) is 16.7 Å². The van der Waals surface area contributed by atoms with Crippen LogP contribution in [0.25, 0.3) is 6.08 Å². The van der Waals surface area contributed by atoms with Gasteiger partial charge in [0.15, 0.2) is 8.68 Å². The zero-order valence-corrected chi connectivity index (χ0v) is 20.2. The number of nitrogens with one attached hydrogen (secondary N) is 1. The Bertz CT molecular complexity index is 1020. The van der Waals surface area contributed by atoms with Crippen molar-refractivity contribution in [2.75, 3.05) is 5.75 Å². The predicted molar refractivity (Wildman–Crippen MR) is 131 cm³/mol. The number of aryl methyl sites for hydroxylation is 1. The average Bonchev–Trinajstić information content (AvgIpc) is 3.20. The first-order valence-electron chi connectivity index (χ1n) is 8.97. The van der Waals surface area contributed by atoms with Crippen LogP contribution in [0.3, 0.4) is 0 Å². The molecule has 1 heterocycles. The minimum absolute atomic E-state index is 0.194. The lowest BCUT2D eigenvalue weighted by Gasteiger charge is -1.99. The maximum Gasteiger partial charge on any atom is 0.250 e. The van der Waals surface area contributed by atoms with Gasteiger partial charge in [-0.15, -0.1) is 10.2 Å². The Kier molecular flexibility index (Phi) is 9.13. The van der Waals surface area contributed by atoms with E-state index in [1.165, 1.54) is 34.2 Å². The van der Waals surface area contributed by atoms with Gasteiger partial charge in [0.05, 0.1) is 12.0 Å². The Morgan fingerprint density at radius 1 is 1.10 bits per heavy atom. The van der Waals surface area contributed by atoms with Crippen LogP contribution in [0.5, 0.6) is 0 Å². The Morgan fingerprint density at radius 3 is 2.53 bits per heavy atom. The summed E-state index contributed by atoms with van der Waals surface area (Å²) in [6.45, 7) is 2.08. The van der Waals surface area contributed by atoms with Crippen molar-refractivity contribution in [2.45, 2.75) is 21.4 Å². The van der Waals surface area contributed by atoms with Crippen LogP contribution in [-0.2, 0) is 10.5 Å². The summed E-state index contributed by atoms with van der Waals surface area (Å²) in [6.07, 6.45) is 3.47. The standard InChI is InChI=1S/C21H19BrN4OS3/c1-15-7-9-17(10-8-15)13-28-20-25-26-21(30-20)29-14-19(27)24-23-12-18(22)11-16-5-3-2-4-6-16/h2-12H,13-14H2,1H3,(H,24,27)/b18-11+,23-12-. The summed E-state index contributed by atoms with van der Waals surface area (Å²) in [4.78, 5) is 12.0. The largest absolute Gasteiger partial charge is 0.272 e. The van der Waals surface area contributed by atoms with Crippen LogP contribution in [0.15, 0.2) is 72.9 Å². The minimum Gasteiger partial charge on any atom is -0.272 e. The van der Waals surface area contributed by atoms with Gasteiger partial charge in [0.1, 0.15) is 0 Å². The SMILES string of the molecule is Cc1ccc(CSc2nnc(SCC(=O)N/N=C\C(Br)=C/c3ccccc3)s2)cc1. The molecule has 0 aliphatic carbocycles. The lowest BCUT2D eigenvalue weighted by atomic mass is 10.2. The third-order valence-electron chi connectivity index (χ3n) is 3.68. The summed E-state index contributed by atoms with van der Waals surface area (Å²) < 4.78 is 2.43. The van der Waals surface area contributed by atoms with Gasteiger partial charge in [-0.2, -0.15) is 5.10 Å². The summed E-state index contributed by atoms with van der Waals surface area (Å²) >= 11 is 7.91. The van der Waals surface area contributed by atoms with E-state index in [1.54, 1.807) is 18.0 Å². The first kappa shape index (κ1) is 22.7. The Morgan fingerprint density at radius 2 is 1.80 bits per heavy atom. The molecule has 0 bridgehead atoms. The molecule has 30 heavy (non-hydrogen) atoms. The van der Waals surface area contributed by atoms with E-state index in [4.69, 9.17) is 0 Å². The van der Waals surface area contributed by atoms with Crippen LogP contribution >= 0.6 is 50.8 Å². The number of carbonyl (C=O) groups excluding carboxylic acids is 1. The molecule has 3 aromatic rings. The molecule has 0 aliphatic heterocycles. The van der Waals surface area contributed by atoms with Crippen LogP contribution in [0.2, 0.25) is 0 Å². The average molecular weight is 520 g/mol. The molecule has 0 saturated heterocycles. The highest BCUT2D eigenvalue weighted by Crippen LogP contribution is 2.30. The summed E-state index contributed by atoms with van der Waals surface area (Å²) in [5, 5.41) is 12.3. The van der Waals surface area contributed by atoms with Crippen LogP contribution in [0, 0.1) is 6.92 Å². The van der Waals surface area contributed by atoms with Gasteiger partial charge < -0.3 is 0 Å². The quantitative estimate of drug-likeness (QED) is 0.221. The molecule has 1 amide bonds. The van der Waals surface area contributed by atoms with Gasteiger partial charge in [0.25, 0.3) is 5.91 Å². The van der Waals surface area contributed by atoms with Crippen molar-refractivity contribution in [3.63, 3.8) is 0 Å². The molecule has 0 atom stereocenters. The molecule has 5 nitrogen and oxygen atoms in total. The topological polar surface area (TPSA) is 67.2 Å². The molecule has 0 unspecified atom stereocenters. The zero-order chi connectivity index (χ0) is 21.2. The molecule has 0 spiro atoms. The molecular weight excluding hydrogens is 500 g/mol. The number of allylic oxidation sites excluding steroid dienone is 1. The van der Waals surface area contributed by atoms with Gasteiger partial charge in [-0.05, 0) is 40.1 Å². The highest BCUT2D eigenvalue weighted by atomic mass is 79.9. The Labute approximate surface area is 196 Å². The van der Waals surface area contributed by atoms with E-state index >= 15 is 0 Å². The van der Waals surface area contributed by atoms with E-state index in [1.807, 2.05) is 36.4 Å². The summed E-state index contributed by atoms with van der Waals surface area (Å²) in [5.41, 5.74) is 6.06. The highest BCUT2D eigenvalue weighted by Gasteiger charge is 2.08. The number of thioether (sulfide) groups is 2. The van der Waals surface area contributed by atoms with Gasteiger partial charge in [-0.25, -0.2) is 5.43 Å². The van der Waals surface area contributed by atoms with Gasteiger partial charge >= 0.3 is 0 Å². The first-order chi connectivity index (χ1) is 14.6. The molecule has 1 aromatic heterocycles. The third-order valence-corrected chi connectivity index (χ3v) is 7.37. The third kappa shape index (κ3) is 8.06. The van der Waals surface area contributed by atoms with Crippen molar-refractivity contribution in [3.05, 3.63) is 75.8 Å². The fraction of sp³-hybridized carbons (Fsp3) is 0.143. The molecule has 0 radical (unpaired) electrons. The van der Waals surface area contributed by atoms with Crippen molar-refractivity contribution in [1.29, 1.82) is 0 Å². The first-order valence-corrected chi connectivity index (χ1v) is 12.6. The smallest absolute Gasteiger partial charge is 0.250 e. The lowest BCUT2D eigenvalue weighted by Crippen LogP contribution is -2.19. The molecule has 0 fully saturated rings. The number of halogens is 1. The van der Waals surface area contributed by atoms with Gasteiger partial charge in [-0.1, -0.05) is 95.0 Å². The predicted octanol–water partition coefficient (Wildman–Crippen LogP) is 5.77. The minimum atomic E-state index is -0.194. The van der Waals surface area contributed by atoms with Crippen LogP contribution in [-0.4, -0.2) is 28.1 Å². The van der Waals surface area contributed by atoms with Crippen molar-refractivity contribution in [3.8, 4) is 0 Å². The lowest BCUT2D eigenvalue weighted by molar-refractivity contribution is -0.118. The highest BCUT2D eigenvalue weighted by molar-refractivity contribution is 9.12. The number of hydrazone groups is 1. The van der Waals surface area contributed by atoms with E-state index in [0.29, 0.717) is 0 Å². The van der Waals surface area contributed by atoms with Crippen LogP contribution in [0.4, 0.5) is 0 Å². The van der Waals surface area contributed by atoms with Gasteiger partial charge in [0.2, 0.25) is 0 Å². The van der Waals surface area contributed by atoms with Crippen molar-refractivity contribution in [1.82, 2.24) is 15.6 Å². The van der Waals surface area contributed by atoms with Gasteiger partial charge in [-0.3, -0.25) is 4.79 Å². The van der Waals surface area contributed by atoms with E-state index in [0.717, 1.165) is 24.5 Å². The number of hydrogen-bond donors (Lipinski definition) is 1. The number of nitrogens with zero attached hydrogens (tertiary/aromatic N) is 3. The second kappa shape index (κ2) is 12.0. The van der Waals surface area contributed by atoms with Crippen molar-refractivity contribution >= 4 is 69.0 Å². The fourth-order valence-corrected chi connectivity index (χ4v) is 5.35. The molecule has 0 saturated carbocycles. The summed E-state index contributed by atoms with van der Waals surface area (Å²) in [5.74, 6) is 0.884. The van der Waals surface area contributed by atoms with Crippen molar-refractivity contribution in [2.24, 2.45) is 5.10 Å². The zero-order valence-electron chi connectivity index (χ0n) is 16.1. The monoisotopic (exact) mass is 518 g/mol. The number of hydrogen-bond acceptors (Lipinski definition) is 7. The number of rotatable bonds is 9. The summed E-state index contributed by atoms with van der Waals surface area (Å²) in [6, 6.07) is 18.3. The van der Waals surface area contributed by atoms with E-state index < -0.39 is 0 Å². The molecule has 9 heteroatoms. The number of amides is 1. The second-order valence-electron chi connectivity index (χ2n) is 6.13.